The summed E-state index contributed by atoms with van der Waals surface area (Å²) in [7, 11) is 0. The van der Waals surface area contributed by atoms with Gasteiger partial charge in [0.1, 0.15) is 29.1 Å². The summed E-state index contributed by atoms with van der Waals surface area (Å²) in [6.07, 6.45) is 0. The summed E-state index contributed by atoms with van der Waals surface area (Å²) in [6.45, 7) is 6.14. The van der Waals surface area contributed by atoms with E-state index in [1.807, 2.05) is 38.1 Å². The van der Waals surface area contributed by atoms with Gasteiger partial charge in [0.2, 0.25) is 5.88 Å². The fourth-order valence-electron chi connectivity index (χ4n) is 2.22. The van der Waals surface area contributed by atoms with E-state index in [0.29, 0.717) is 12.2 Å². The molecule has 1 heterocycles. The van der Waals surface area contributed by atoms with E-state index in [2.05, 4.69) is 11.1 Å². The maximum Gasteiger partial charge on any atom is 0.234 e. The minimum atomic E-state index is 0.0678. The molecule has 2 N–H and O–H groups in total. The lowest BCUT2D eigenvalue weighted by molar-refractivity contribution is 0.326. The van der Waals surface area contributed by atoms with Crippen LogP contribution >= 0.6 is 0 Å². The van der Waals surface area contributed by atoms with E-state index < -0.39 is 0 Å². The summed E-state index contributed by atoms with van der Waals surface area (Å²) in [5.41, 5.74) is 9.73. The number of aromatic nitrogens is 1. The molecule has 0 spiro atoms. The molecule has 0 unspecified atom stereocenters. The molecule has 0 bridgehead atoms. The van der Waals surface area contributed by atoms with Crippen LogP contribution in [0.3, 0.4) is 0 Å². The number of ether oxygens (including phenoxy) is 1. The minimum Gasteiger partial charge on any atom is -0.477 e. The second-order valence-corrected chi connectivity index (χ2v) is 4.88. The van der Waals surface area contributed by atoms with Crippen molar-refractivity contribution in [2.75, 3.05) is 12.3 Å². The molecule has 0 aliphatic heterocycles. The van der Waals surface area contributed by atoms with Crippen LogP contribution in [0.1, 0.15) is 29.2 Å². The van der Waals surface area contributed by atoms with Crippen LogP contribution in [-0.2, 0) is 0 Å². The van der Waals surface area contributed by atoms with Crippen LogP contribution in [0.2, 0.25) is 0 Å². The van der Waals surface area contributed by atoms with Gasteiger partial charge < -0.3 is 10.5 Å². The SMILES string of the molecule is CCOc1nc(N)c(C#N)c(-c2ccc(C)c(C)c2)c1C#N. The van der Waals surface area contributed by atoms with Gasteiger partial charge in [-0.25, -0.2) is 0 Å². The predicted octanol–water partition coefficient (Wildman–Crippen LogP) is 3.09. The van der Waals surface area contributed by atoms with Crippen molar-refractivity contribution in [3.63, 3.8) is 0 Å². The van der Waals surface area contributed by atoms with Gasteiger partial charge in [-0.1, -0.05) is 18.2 Å². The van der Waals surface area contributed by atoms with E-state index >= 15 is 0 Å². The van der Waals surface area contributed by atoms with Crippen LogP contribution in [0, 0.1) is 36.5 Å². The van der Waals surface area contributed by atoms with E-state index in [1.165, 1.54) is 0 Å². The third kappa shape index (κ3) is 2.57. The highest BCUT2D eigenvalue weighted by molar-refractivity contribution is 5.82. The lowest BCUT2D eigenvalue weighted by atomic mass is 9.94. The number of nitriles is 2. The van der Waals surface area contributed by atoms with Gasteiger partial charge in [-0.05, 0) is 37.5 Å². The van der Waals surface area contributed by atoms with Crippen LogP contribution in [0.5, 0.6) is 5.88 Å². The van der Waals surface area contributed by atoms with Crippen molar-refractivity contribution < 1.29 is 4.74 Å². The normalized spacial score (nSPS) is 9.86. The standard InChI is InChI=1S/C17H16N4O/c1-4-22-17-14(9-19)15(13(8-18)16(20)21-17)12-6-5-10(2)11(3)7-12/h5-7H,4H2,1-3H3,(H2,20,21). The summed E-state index contributed by atoms with van der Waals surface area (Å²) in [5.74, 6) is 0.230. The van der Waals surface area contributed by atoms with Crippen molar-refractivity contribution in [3.8, 4) is 29.1 Å². The van der Waals surface area contributed by atoms with Crippen molar-refractivity contribution in [1.82, 2.24) is 4.98 Å². The van der Waals surface area contributed by atoms with E-state index in [1.54, 1.807) is 6.92 Å². The number of benzene rings is 1. The number of aryl methyl sites for hydroxylation is 2. The van der Waals surface area contributed by atoms with Gasteiger partial charge in [-0.3, -0.25) is 0 Å². The van der Waals surface area contributed by atoms with Crippen LogP contribution in [0.15, 0.2) is 18.2 Å². The maximum absolute atomic E-state index is 9.50. The summed E-state index contributed by atoms with van der Waals surface area (Å²) >= 11 is 0. The second kappa shape index (κ2) is 6.15. The average Bonchev–Trinajstić information content (AvgIpc) is 2.50. The van der Waals surface area contributed by atoms with Crippen molar-refractivity contribution in [1.29, 1.82) is 10.5 Å². The van der Waals surface area contributed by atoms with Crippen molar-refractivity contribution in [2.45, 2.75) is 20.8 Å². The van der Waals surface area contributed by atoms with Gasteiger partial charge in [0.25, 0.3) is 0 Å². The van der Waals surface area contributed by atoms with Crippen molar-refractivity contribution in [2.24, 2.45) is 0 Å². The monoisotopic (exact) mass is 292 g/mol. The average molecular weight is 292 g/mol. The molecule has 1 aromatic carbocycles. The zero-order chi connectivity index (χ0) is 16.3. The number of rotatable bonds is 3. The largest absolute Gasteiger partial charge is 0.477 e. The first-order valence-corrected chi connectivity index (χ1v) is 6.87. The van der Waals surface area contributed by atoms with Crippen molar-refractivity contribution >= 4 is 5.82 Å². The zero-order valence-corrected chi connectivity index (χ0v) is 12.8. The van der Waals surface area contributed by atoms with Gasteiger partial charge in [-0.15, -0.1) is 0 Å². The quantitative estimate of drug-likeness (QED) is 0.937. The molecule has 0 saturated heterocycles. The van der Waals surface area contributed by atoms with Crippen LogP contribution in [0.25, 0.3) is 11.1 Å². The number of hydrogen-bond donors (Lipinski definition) is 1. The Kier molecular flexibility index (Phi) is 4.29. The fourth-order valence-corrected chi connectivity index (χ4v) is 2.22. The molecule has 110 valence electrons. The molecule has 2 rings (SSSR count). The smallest absolute Gasteiger partial charge is 0.234 e. The van der Waals surface area contributed by atoms with Gasteiger partial charge >= 0.3 is 0 Å². The van der Waals surface area contributed by atoms with Gasteiger partial charge in [0.05, 0.1) is 6.61 Å². The predicted molar refractivity (Wildman–Crippen MR) is 84.2 cm³/mol. The second-order valence-electron chi connectivity index (χ2n) is 4.88. The van der Waals surface area contributed by atoms with Gasteiger partial charge in [0.15, 0.2) is 0 Å². The van der Waals surface area contributed by atoms with Gasteiger partial charge in [0, 0.05) is 5.56 Å². The summed E-state index contributed by atoms with van der Waals surface area (Å²) in [6, 6.07) is 9.89. The first-order chi connectivity index (χ1) is 10.5. The lowest BCUT2D eigenvalue weighted by Crippen LogP contribution is -2.06. The summed E-state index contributed by atoms with van der Waals surface area (Å²) < 4.78 is 5.40. The van der Waals surface area contributed by atoms with Gasteiger partial charge in [-0.2, -0.15) is 15.5 Å². The van der Waals surface area contributed by atoms with Crippen molar-refractivity contribution in [3.05, 3.63) is 40.5 Å². The molecule has 0 aliphatic carbocycles. The molecular weight excluding hydrogens is 276 g/mol. The first-order valence-electron chi connectivity index (χ1n) is 6.87. The topological polar surface area (TPSA) is 95.7 Å². The first kappa shape index (κ1) is 15.3. The molecule has 22 heavy (non-hydrogen) atoms. The molecule has 0 saturated carbocycles. The van der Waals surface area contributed by atoms with E-state index in [4.69, 9.17) is 10.5 Å². The van der Waals surface area contributed by atoms with E-state index in [9.17, 15) is 10.5 Å². The number of nitrogen functional groups attached to an aromatic ring is 1. The summed E-state index contributed by atoms with van der Waals surface area (Å²) in [5, 5.41) is 18.9. The number of anilines is 1. The third-order valence-corrected chi connectivity index (χ3v) is 3.49. The molecule has 0 atom stereocenters. The Morgan fingerprint density at radius 3 is 2.36 bits per heavy atom. The molecular formula is C17H16N4O. The third-order valence-electron chi connectivity index (χ3n) is 3.49. The Balaban J connectivity index is 2.85. The molecule has 5 heteroatoms. The number of pyridine rings is 1. The van der Waals surface area contributed by atoms with Crippen LogP contribution in [0.4, 0.5) is 5.82 Å². The molecule has 0 radical (unpaired) electrons. The fraction of sp³-hybridized carbons (Fsp3) is 0.235. The molecule has 0 fully saturated rings. The number of nitrogens with zero attached hydrogens (tertiary/aromatic N) is 3. The molecule has 2 aromatic rings. The zero-order valence-electron chi connectivity index (χ0n) is 12.8. The Morgan fingerprint density at radius 1 is 1.14 bits per heavy atom. The molecule has 5 nitrogen and oxygen atoms in total. The minimum absolute atomic E-state index is 0.0678. The highest BCUT2D eigenvalue weighted by atomic mass is 16.5. The Bertz CT molecular complexity index is 813. The summed E-state index contributed by atoms with van der Waals surface area (Å²) in [4.78, 5) is 4.04. The Labute approximate surface area is 129 Å². The highest BCUT2D eigenvalue weighted by Gasteiger charge is 2.21. The van der Waals surface area contributed by atoms with E-state index in [-0.39, 0.29) is 22.8 Å². The highest BCUT2D eigenvalue weighted by Crippen LogP contribution is 2.35. The van der Waals surface area contributed by atoms with E-state index in [0.717, 1.165) is 16.7 Å². The Hall–Kier alpha value is -3.05. The Morgan fingerprint density at radius 2 is 1.82 bits per heavy atom. The molecule has 0 amide bonds. The molecule has 1 aromatic heterocycles. The molecule has 0 aliphatic rings. The number of hydrogen-bond acceptors (Lipinski definition) is 5. The van der Waals surface area contributed by atoms with Crippen LogP contribution in [-0.4, -0.2) is 11.6 Å². The van der Waals surface area contributed by atoms with Crippen LogP contribution < -0.4 is 10.5 Å². The number of nitrogens with two attached hydrogens (primary N) is 1. The maximum atomic E-state index is 9.50. The lowest BCUT2D eigenvalue weighted by Gasteiger charge is -2.14.